The zero-order valence-electron chi connectivity index (χ0n) is 34.5. The molecule has 1 aromatic heterocycles. The predicted octanol–water partition coefficient (Wildman–Crippen LogP) is 5.14. The second-order valence-corrected chi connectivity index (χ2v) is 17.0. The van der Waals surface area contributed by atoms with Crippen molar-refractivity contribution in [3.05, 3.63) is 52.5 Å². The normalized spacial score (nSPS) is 22.6. The second kappa shape index (κ2) is 20.7. The fourth-order valence-corrected chi connectivity index (χ4v) is 9.04. The zero-order valence-corrected chi connectivity index (χ0v) is 35.3. The van der Waals surface area contributed by atoms with Gasteiger partial charge in [-0.15, -0.1) is 11.3 Å². The molecule has 0 saturated carbocycles. The molecule has 3 N–H and O–H groups in total. The lowest BCUT2D eigenvalue weighted by Gasteiger charge is -2.41. The van der Waals surface area contributed by atoms with Gasteiger partial charge in [0, 0.05) is 39.4 Å². The Kier molecular flexibility index (Phi) is 16.7. The summed E-state index contributed by atoms with van der Waals surface area (Å²) in [7, 11) is 4.95. The summed E-state index contributed by atoms with van der Waals surface area (Å²) in [5.41, 5.74) is 0.370. The summed E-state index contributed by atoms with van der Waals surface area (Å²) in [6, 6.07) is 8.25. The molecule has 0 bridgehead atoms. The number of benzene rings is 1. The van der Waals surface area contributed by atoms with Gasteiger partial charge in [-0.1, -0.05) is 71.4 Å². The maximum atomic E-state index is 14.3. The van der Waals surface area contributed by atoms with Crippen molar-refractivity contribution in [3.63, 3.8) is 0 Å². The van der Waals surface area contributed by atoms with Crippen LogP contribution < -0.4 is 16.0 Å². The molecule has 2 aromatic rings. The molecule has 0 spiro atoms. The quantitative estimate of drug-likeness (QED) is 0.178. The molecule has 3 heterocycles. The molecule has 12 nitrogen and oxygen atoms in total. The Labute approximate surface area is 332 Å². The molecular weight excluding hydrogens is 717 g/mol. The minimum Gasteiger partial charge on any atom is -0.379 e. The summed E-state index contributed by atoms with van der Waals surface area (Å²) in [5, 5.41) is 12.4. The number of likely N-dealkylation sites (tertiary alicyclic amines) is 1. The van der Waals surface area contributed by atoms with Crippen LogP contribution in [0.4, 0.5) is 0 Å². The van der Waals surface area contributed by atoms with Gasteiger partial charge in [-0.25, -0.2) is 4.98 Å². The number of thiazole rings is 1. The van der Waals surface area contributed by atoms with Gasteiger partial charge in [0.1, 0.15) is 11.0 Å². The summed E-state index contributed by atoms with van der Waals surface area (Å²) >= 11 is 1.51. The Morgan fingerprint density at radius 1 is 1.05 bits per heavy atom. The number of likely N-dealkylation sites (N-methyl/N-ethyl adjacent to an activating group) is 1. The summed E-state index contributed by atoms with van der Waals surface area (Å²) in [6.07, 6.45) is 6.21. The number of hydrogen-bond donors (Lipinski definition) is 3. The van der Waals surface area contributed by atoms with Crippen molar-refractivity contribution in [1.29, 1.82) is 0 Å². The Hall–Kier alpha value is -3.39. The van der Waals surface area contributed by atoms with E-state index in [1.165, 1.54) is 11.3 Å². The lowest BCUT2D eigenvalue weighted by Crippen LogP contribution is -2.63. The summed E-state index contributed by atoms with van der Waals surface area (Å²) < 4.78 is 12.1. The standard InChI is InChI=1S/C42H66N6O6S/c1-10-28(4)36(47(7)40(51)35(27(2)3)46-41(52)42(6)20-14-15-21-44-42)33(53-8)26-34(49)48-23-16-19-32(48)37(54-9)29(5)38(50)45-31(39-43-22-24-55-39)25-30-17-12-11-13-18-30/h11-13,17-18,22,24,27-29,31-33,35-37,44H,10,14-16,19-21,23,25-26H2,1-9H3,(H,45,50)(H,46,52)/t28-,29?,31-,32-,33+,35-,36-,37?,42+/m0/s1. The SMILES string of the molecule is CC[C@H](C)[C@@H]([C@@H](CC(=O)N1CCC[C@H]1C(OC)C(C)C(=O)N[C@@H](Cc1ccccc1)c1nccs1)OC)N(C)C(=O)[C@@H](NC(=O)[C@@]1(C)CCCCN1)C(C)C. The van der Waals surface area contributed by atoms with E-state index in [1.54, 1.807) is 32.4 Å². The van der Waals surface area contributed by atoms with Crippen molar-refractivity contribution in [2.75, 3.05) is 34.4 Å². The van der Waals surface area contributed by atoms with Gasteiger partial charge < -0.3 is 35.2 Å². The molecule has 0 radical (unpaired) electrons. The zero-order chi connectivity index (χ0) is 40.3. The van der Waals surface area contributed by atoms with Gasteiger partial charge >= 0.3 is 0 Å². The third-order valence-electron chi connectivity index (χ3n) is 11.9. The Bertz CT molecular complexity index is 1520. The van der Waals surface area contributed by atoms with Gasteiger partial charge in [0.2, 0.25) is 23.6 Å². The summed E-state index contributed by atoms with van der Waals surface area (Å²) in [6.45, 7) is 13.1. The lowest BCUT2D eigenvalue weighted by atomic mass is 9.88. The third kappa shape index (κ3) is 11.1. The Morgan fingerprint density at radius 3 is 2.36 bits per heavy atom. The first-order valence-electron chi connectivity index (χ1n) is 20.2. The van der Waals surface area contributed by atoms with Crippen molar-refractivity contribution in [1.82, 2.24) is 30.7 Å². The van der Waals surface area contributed by atoms with E-state index < -0.39 is 35.7 Å². The van der Waals surface area contributed by atoms with E-state index in [0.717, 1.165) is 42.8 Å². The van der Waals surface area contributed by atoms with Crippen molar-refractivity contribution >= 4 is 35.0 Å². The minimum absolute atomic E-state index is 0.000717. The molecular formula is C42H66N6O6S. The topological polar surface area (TPSA) is 142 Å². The van der Waals surface area contributed by atoms with Crippen LogP contribution >= 0.6 is 11.3 Å². The second-order valence-electron chi connectivity index (χ2n) is 16.1. The Balaban J connectivity index is 1.47. The maximum absolute atomic E-state index is 14.3. The molecule has 306 valence electrons. The average Bonchev–Trinajstić information content (AvgIpc) is 3.90. The molecule has 13 heteroatoms. The van der Waals surface area contributed by atoms with Crippen LogP contribution in [0.5, 0.6) is 0 Å². The van der Waals surface area contributed by atoms with Crippen LogP contribution in [0.2, 0.25) is 0 Å². The molecule has 2 aliphatic rings. The number of piperidine rings is 1. The van der Waals surface area contributed by atoms with Crippen LogP contribution in [-0.2, 0) is 35.1 Å². The van der Waals surface area contributed by atoms with Crippen LogP contribution in [0.25, 0.3) is 0 Å². The third-order valence-corrected chi connectivity index (χ3v) is 12.8. The molecule has 1 aromatic carbocycles. The first-order valence-corrected chi connectivity index (χ1v) is 21.1. The molecule has 4 amide bonds. The average molecular weight is 783 g/mol. The number of nitrogens with one attached hydrogen (secondary N) is 3. The molecule has 2 fully saturated rings. The number of nitrogens with zero attached hydrogens (tertiary/aromatic N) is 3. The number of aromatic nitrogens is 1. The number of hydrogen-bond acceptors (Lipinski definition) is 9. The van der Waals surface area contributed by atoms with Gasteiger partial charge in [-0.3, -0.25) is 19.2 Å². The van der Waals surface area contributed by atoms with Crippen molar-refractivity contribution in [3.8, 4) is 0 Å². The van der Waals surface area contributed by atoms with Crippen LogP contribution in [0.3, 0.4) is 0 Å². The molecule has 2 aliphatic heterocycles. The molecule has 55 heavy (non-hydrogen) atoms. The first kappa shape index (κ1) is 44.3. The molecule has 2 unspecified atom stereocenters. The van der Waals surface area contributed by atoms with Crippen LogP contribution in [0, 0.1) is 17.8 Å². The lowest BCUT2D eigenvalue weighted by molar-refractivity contribution is -0.148. The van der Waals surface area contributed by atoms with Crippen molar-refractivity contribution < 1.29 is 28.7 Å². The Morgan fingerprint density at radius 2 is 1.78 bits per heavy atom. The fraction of sp³-hybridized carbons (Fsp3) is 0.690. The van der Waals surface area contributed by atoms with Gasteiger partial charge in [0.05, 0.1) is 48.2 Å². The van der Waals surface area contributed by atoms with Gasteiger partial charge in [-0.05, 0) is 69.4 Å². The molecule has 4 rings (SSSR count). The number of carbonyl (C=O) groups is 4. The number of amides is 4. The van der Waals surface area contributed by atoms with Gasteiger partial charge in [0.15, 0.2) is 0 Å². The first-order chi connectivity index (χ1) is 26.3. The fourth-order valence-electron chi connectivity index (χ4n) is 8.35. The van der Waals surface area contributed by atoms with E-state index in [9.17, 15) is 19.2 Å². The molecule has 2 saturated heterocycles. The smallest absolute Gasteiger partial charge is 0.245 e. The van der Waals surface area contributed by atoms with E-state index in [-0.39, 0.29) is 54.0 Å². The summed E-state index contributed by atoms with van der Waals surface area (Å²) in [5.74, 6) is -1.34. The van der Waals surface area contributed by atoms with Gasteiger partial charge in [-0.2, -0.15) is 0 Å². The largest absolute Gasteiger partial charge is 0.379 e. The maximum Gasteiger partial charge on any atom is 0.245 e. The number of carbonyl (C=O) groups excluding carboxylic acids is 4. The summed E-state index contributed by atoms with van der Waals surface area (Å²) in [4.78, 5) is 64.1. The highest BCUT2D eigenvalue weighted by molar-refractivity contribution is 7.09. The highest BCUT2D eigenvalue weighted by atomic mass is 32.1. The van der Waals surface area contributed by atoms with Gasteiger partial charge in [0.25, 0.3) is 0 Å². The minimum atomic E-state index is -0.737. The predicted molar refractivity (Wildman–Crippen MR) is 216 cm³/mol. The highest BCUT2D eigenvalue weighted by Gasteiger charge is 2.44. The number of rotatable bonds is 19. The molecule has 0 aliphatic carbocycles. The van der Waals surface area contributed by atoms with Crippen LogP contribution in [0.1, 0.15) is 103 Å². The number of ether oxygens (including phenoxy) is 2. The van der Waals surface area contributed by atoms with Crippen LogP contribution in [0.15, 0.2) is 41.9 Å². The van der Waals surface area contributed by atoms with E-state index in [0.29, 0.717) is 25.8 Å². The molecule has 9 atom stereocenters. The van der Waals surface area contributed by atoms with E-state index in [4.69, 9.17) is 9.47 Å². The number of methoxy groups -OCH3 is 2. The monoisotopic (exact) mass is 782 g/mol. The van der Waals surface area contributed by atoms with E-state index in [2.05, 4.69) is 34.8 Å². The van der Waals surface area contributed by atoms with Crippen molar-refractivity contribution in [2.24, 2.45) is 17.8 Å². The van der Waals surface area contributed by atoms with Crippen LogP contribution in [-0.4, -0.2) is 109 Å². The van der Waals surface area contributed by atoms with E-state index in [1.807, 2.05) is 68.3 Å². The van der Waals surface area contributed by atoms with E-state index >= 15 is 0 Å². The van der Waals surface area contributed by atoms with Crippen molar-refractivity contribution in [2.45, 2.75) is 135 Å². The highest BCUT2D eigenvalue weighted by Crippen LogP contribution is 2.31.